The van der Waals surface area contributed by atoms with Crippen molar-refractivity contribution >= 4 is 40.9 Å². The van der Waals surface area contributed by atoms with Gasteiger partial charge in [0.1, 0.15) is 0 Å². The van der Waals surface area contributed by atoms with E-state index in [0.29, 0.717) is 10.4 Å². The molecule has 0 aromatic heterocycles. The average Bonchev–Trinajstić information content (AvgIpc) is 1.87. The van der Waals surface area contributed by atoms with Crippen molar-refractivity contribution in [3.8, 4) is 0 Å². The molecule has 0 aliphatic carbocycles. The lowest BCUT2D eigenvalue weighted by molar-refractivity contribution is -0.0441. The zero-order chi connectivity index (χ0) is 17.9. The lowest BCUT2D eigenvalue weighted by atomic mass is 11.6. The molecule has 0 saturated carbocycles. The van der Waals surface area contributed by atoms with E-state index in [0.717, 1.165) is 0 Å². The minimum atomic E-state index is -5.79. The molecular weight excluding hydrogens is 403 g/mol. The standard InChI is InChI=1S/C2H4F3NO4S2.F2HNO4S2/c1-11(7,8)6-12(9,10)2(3,4)5;1-8(4,5)3-9(2,6)7/h6H,1H3;3H. The summed E-state index contributed by atoms with van der Waals surface area (Å²) in [6.07, 6.45) is 0.302. The normalized spacial score (nSPS) is 14.2. The molecule has 0 fully saturated rings. The molecule has 0 unspecified atom stereocenters. The van der Waals surface area contributed by atoms with Gasteiger partial charge in [0.2, 0.25) is 10.0 Å². The van der Waals surface area contributed by atoms with Gasteiger partial charge < -0.3 is 0 Å². The first-order valence-electron chi connectivity index (χ1n) is 3.64. The van der Waals surface area contributed by atoms with Crippen LogP contribution in [0.1, 0.15) is 0 Å². The van der Waals surface area contributed by atoms with E-state index < -0.39 is 46.4 Å². The predicted molar refractivity (Wildman–Crippen MR) is 56.1 cm³/mol. The molecule has 0 heterocycles. The number of nitrogens with one attached hydrogen (secondary N) is 2. The SMILES string of the molecule is CS(=O)(=O)NS(=O)(=O)C(F)(F)F.O=S(=O)(F)NS(=O)(=O)F. The molecule has 0 radical (unpaired) electrons. The van der Waals surface area contributed by atoms with Gasteiger partial charge in [0.15, 0.2) is 0 Å². The van der Waals surface area contributed by atoms with Gasteiger partial charge >= 0.3 is 36.4 Å². The zero-order valence-corrected chi connectivity index (χ0v) is 12.6. The molecule has 0 bridgehead atoms. The fourth-order valence-electron chi connectivity index (χ4n) is 0.365. The second-order valence-electron chi connectivity index (χ2n) is 2.76. The fraction of sp³-hybridized carbons (Fsp3) is 1.00. The van der Waals surface area contributed by atoms with Gasteiger partial charge in [-0.05, 0) is 0 Å². The molecule has 0 aromatic carbocycles. The molecule has 0 rings (SSSR count). The first kappa shape index (κ1) is 22.6. The van der Waals surface area contributed by atoms with Gasteiger partial charge in [-0.15, -0.1) is 4.13 Å². The van der Waals surface area contributed by atoms with Crippen molar-refractivity contribution in [3.05, 3.63) is 0 Å². The van der Waals surface area contributed by atoms with Crippen LogP contribution in [0.15, 0.2) is 0 Å². The van der Waals surface area contributed by atoms with Crippen LogP contribution >= 0.6 is 0 Å². The molecule has 21 heavy (non-hydrogen) atoms. The molecule has 19 heteroatoms. The van der Waals surface area contributed by atoms with Crippen LogP contribution in [-0.2, 0) is 40.9 Å². The van der Waals surface area contributed by atoms with Crippen LogP contribution in [0.25, 0.3) is 0 Å². The minimum Gasteiger partial charge on any atom is -0.212 e. The molecule has 2 N–H and O–H groups in total. The van der Waals surface area contributed by atoms with Crippen molar-refractivity contribution < 1.29 is 54.6 Å². The summed E-state index contributed by atoms with van der Waals surface area (Å²) in [6, 6.07) is 0. The highest BCUT2D eigenvalue weighted by atomic mass is 32.3. The first-order chi connectivity index (χ1) is 8.66. The summed E-state index contributed by atoms with van der Waals surface area (Å²) in [6.45, 7) is 0. The molecule has 0 spiro atoms. The molecule has 10 nitrogen and oxygen atoms in total. The highest BCUT2D eigenvalue weighted by Gasteiger charge is 2.47. The third-order valence-corrected chi connectivity index (χ3v) is 5.06. The molecule has 0 aliphatic heterocycles. The first-order valence-corrected chi connectivity index (χ1v) is 9.78. The average molecular weight is 408 g/mol. The van der Waals surface area contributed by atoms with E-state index in [4.69, 9.17) is 0 Å². The number of hydrogen-bond acceptors (Lipinski definition) is 8. The maximum atomic E-state index is 11.4. The van der Waals surface area contributed by atoms with Gasteiger partial charge in [0.25, 0.3) is 0 Å². The highest BCUT2D eigenvalue weighted by Crippen LogP contribution is 2.21. The van der Waals surface area contributed by atoms with E-state index in [1.165, 1.54) is 0 Å². The van der Waals surface area contributed by atoms with Crippen LogP contribution in [0, 0.1) is 0 Å². The molecule has 130 valence electrons. The van der Waals surface area contributed by atoms with Crippen molar-refractivity contribution in [1.29, 1.82) is 0 Å². The minimum absolute atomic E-state index is 0.0694. The Labute approximate surface area is 116 Å². The van der Waals surface area contributed by atoms with E-state index in [9.17, 15) is 54.6 Å². The second-order valence-corrected chi connectivity index (χ2v) is 8.86. The van der Waals surface area contributed by atoms with Crippen molar-refractivity contribution in [1.82, 2.24) is 8.25 Å². The Morgan fingerprint density at radius 3 is 1.05 bits per heavy atom. The molecule has 0 amide bonds. The van der Waals surface area contributed by atoms with Gasteiger partial charge in [-0.25, -0.2) is 16.8 Å². The Hall–Kier alpha value is -0.630. The summed E-state index contributed by atoms with van der Waals surface area (Å²) >= 11 is 0. The van der Waals surface area contributed by atoms with Gasteiger partial charge in [-0.3, -0.25) is 0 Å². The van der Waals surface area contributed by atoms with Gasteiger partial charge in [-0.2, -0.15) is 30.0 Å². The van der Waals surface area contributed by atoms with E-state index in [2.05, 4.69) is 0 Å². The predicted octanol–water partition coefficient (Wildman–Crippen LogP) is -1.61. The van der Waals surface area contributed by atoms with Crippen LogP contribution in [0.2, 0.25) is 0 Å². The zero-order valence-electron chi connectivity index (χ0n) is 9.29. The Morgan fingerprint density at radius 1 is 0.714 bits per heavy atom. The summed E-state index contributed by atoms with van der Waals surface area (Å²) in [4.78, 5) is 0. The summed E-state index contributed by atoms with van der Waals surface area (Å²) in [5.74, 6) is 0. The number of halogens is 5. The third kappa shape index (κ3) is 14.1. The second kappa shape index (κ2) is 6.64. The summed E-state index contributed by atoms with van der Waals surface area (Å²) in [7, 11) is -21.2. The van der Waals surface area contributed by atoms with Crippen LogP contribution in [0.5, 0.6) is 0 Å². The lowest BCUT2D eigenvalue weighted by Gasteiger charge is -2.06. The fourth-order valence-corrected chi connectivity index (χ4v) is 3.29. The van der Waals surface area contributed by atoms with Crippen LogP contribution < -0.4 is 8.25 Å². The van der Waals surface area contributed by atoms with Crippen LogP contribution in [-0.4, -0.2) is 45.4 Å². The maximum Gasteiger partial charge on any atom is 0.512 e. The summed E-state index contributed by atoms with van der Waals surface area (Å²) in [5.41, 5.74) is -5.62. The highest BCUT2D eigenvalue weighted by molar-refractivity contribution is 8.04. The van der Waals surface area contributed by atoms with Crippen molar-refractivity contribution in [2.24, 2.45) is 0 Å². The summed E-state index contributed by atoms with van der Waals surface area (Å²) in [5, 5.41) is 0. The topological polar surface area (TPSA) is 161 Å². The molecule has 0 saturated heterocycles. The Bertz CT molecular complexity index is 729. The third-order valence-electron chi connectivity index (χ3n) is 0.765. The van der Waals surface area contributed by atoms with Crippen molar-refractivity contribution in [2.45, 2.75) is 5.51 Å². The Morgan fingerprint density at radius 2 is 1.00 bits per heavy atom. The van der Waals surface area contributed by atoms with Gasteiger partial charge in [0, 0.05) is 0 Å². The summed E-state index contributed by atoms with van der Waals surface area (Å²) < 4.78 is 134. The largest absolute Gasteiger partial charge is 0.512 e. The molecule has 0 aromatic rings. The quantitative estimate of drug-likeness (QED) is 0.415. The monoisotopic (exact) mass is 408 g/mol. The number of sulfonamides is 2. The van der Waals surface area contributed by atoms with Crippen molar-refractivity contribution in [2.75, 3.05) is 6.26 Å². The van der Waals surface area contributed by atoms with Gasteiger partial charge in [0.05, 0.1) is 6.26 Å². The molecule has 0 atom stereocenters. The van der Waals surface area contributed by atoms with E-state index in [-0.39, 0.29) is 4.13 Å². The molecular formula is C2H5F5N2O8S4. The number of alkyl halides is 3. The van der Waals surface area contributed by atoms with Crippen LogP contribution in [0.3, 0.4) is 0 Å². The van der Waals surface area contributed by atoms with Crippen LogP contribution in [0.4, 0.5) is 20.9 Å². The van der Waals surface area contributed by atoms with Crippen molar-refractivity contribution in [3.63, 3.8) is 0 Å². The lowest BCUT2D eigenvalue weighted by Crippen LogP contribution is -2.39. The molecule has 0 aliphatic rings. The van der Waals surface area contributed by atoms with Gasteiger partial charge in [-0.1, -0.05) is 11.9 Å². The van der Waals surface area contributed by atoms with E-state index >= 15 is 0 Å². The number of hydrogen-bond donors (Lipinski definition) is 2. The Balaban J connectivity index is 0. The van der Waals surface area contributed by atoms with E-state index in [1.807, 2.05) is 0 Å². The maximum absolute atomic E-state index is 11.4. The Kier molecular flexibility index (Phi) is 7.16. The smallest absolute Gasteiger partial charge is 0.212 e. The van der Waals surface area contributed by atoms with E-state index in [1.54, 1.807) is 0 Å². The number of rotatable bonds is 4.